The highest BCUT2D eigenvalue weighted by Crippen LogP contribution is 2.43. The molecular weight excluding hydrogens is 554 g/mol. The van der Waals surface area contributed by atoms with Gasteiger partial charge in [-0.2, -0.15) is 0 Å². The minimum atomic E-state index is -4.56. The highest BCUT2D eigenvalue weighted by Gasteiger charge is 2.31. The van der Waals surface area contributed by atoms with Gasteiger partial charge in [-0.15, -0.1) is 0 Å². The van der Waals surface area contributed by atoms with Gasteiger partial charge in [0.25, 0.3) is 10.0 Å². The van der Waals surface area contributed by atoms with Crippen LogP contribution in [-0.2, 0) is 20.1 Å². The Bertz CT molecular complexity index is 1900. The number of anilines is 1. The number of hydrogen-bond donors (Lipinski definition) is 5. The number of carboxylic acid groups (broad SMARTS) is 2. The number of aromatic carboxylic acids is 2. The molecule has 0 saturated heterocycles. The highest BCUT2D eigenvalue weighted by atomic mass is 32.2. The predicted molar refractivity (Wildman–Crippen MR) is 136 cm³/mol. The van der Waals surface area contributed by atoms with Crippen molar-refractivity contribution in [3.05, 3.63) is 65.0 Å². The molecule has 1 heterocycles. The summed E-state index contributed by atoms with van der Waals surface area (Å²) in [4.78, 5) is 23.1. The molecule has 0 bridgehead atoms. The van der Waals surface area contributed by atoms with Crippen molar-refractivity contribution >= 4 is 48.7 Å². The zero-order valence-corrected chi connectivity index (χ0v) is 21.5. The molecule has 7 N–H and O–H groups in total. The first kappa shape index (κ1) is 27.7. The number of nitrogen functional groups attached to an aromatic ring is 1. The van der Waals surface area contributed by atoms with Crippen LogP contribution in [0.25, 0.3) is 33.4 Å². The minimum Gasteiger partial charge on any atom is -0.748 e. The highest BCUT2D eigenvalue weighted by molar-refractivity contribution is 7.89. The van der Waals surface area contributed by atoms with Gasteiger partial charge in [0.2, 0.25) is 5.36 Å². The first-order chi connectivity index (χ1) is 18.2. The summed E-state index contributed by atoms with van der Waals surface area (Å²) in [6.07, 6.45) is -0.296. The predicted octanol–water partition coefficient (Wildman–Crippen LogP) is 0.0566. The number of sulfonamides is 1. The third-order valence-corrected chi connectivity index (χ3v) is 8.13. The van der Waals surface area contributed by atoms with Crippen molar-refractivity contribution in [3.8, 4) is 22.5 Å². The van der Waals surface area contributed by atoms with Gasteiger partial charge in [0.05, 0.1) is 21.2 Å². The molecule has 15 heteroatoms. The van der Waals surface area contributed by atoms with Gasteiger partial charge in [-0.25, -0.2) is 31.1 Å². The number of carbonyl (C=O) groups is 2. The van der Waals surface area contributed by atoms with E-state index in [0.29, 0.717) is 5.39 Å². The second-order valence-corrected chi connectivity index (χ2v) is 11.7. The normalized spacial score (nSPS) is 12.1. The third-order valence-electron chi connectivity index (χ3n) is 5.80. The van der Waals surface area contributed by atoms with Gasteiger partial charge in [-0.3, -0.25) is 5.41 Å². The lowest BCUT2D eigenvalue weighted by Crippen LogP contribution is -2.49. The van der Waals surface area contributed by atoms with Crippen LogP contribution in [0.3, 0.4) is 0 Å². The van der Waals surface area contributed by atoms with Crippen LogP contribution in [0.1, 0.15) is 27.1 Å². The molecule has 0 aromatic heterocycles. The molecule has 0 radical (unpaired) electrons. The molecule has 0 unspecified atom stereocenters. The maximum Gasteiger partial charge on any atom is 0.336 e. The molecule has 204 valence electrons. The van der Waals surface area contributed by atoms with Crippen molar-refractivity contribution in [1.29, 1.82) is 0 Å². The summed E-state index contributed by atoms with van der Waals surface area (Å²) in [5, 5.41) is 25.4. The second-order valence-electron chi connectivity index (χ2n) is 8.48. The Balaban J connectivity index is 2.01. The van der Waals surface area contributed by atoms with Gasteiger partial charge in [0.15, 0.2) is 10.7 Å². The molecule has 1 aliphatic carbocycles. The number of carboxylic acids is 2. The molecule has 0 saturated carbocycles. The van der Waals surface area contributed by atoms with E-state index in [-0.39, 0.29) is 56.6 Å². The molecule has 2 aliphatic rings. The lowest BCUT2D eigenvalue weighted by Gasteiger charge is -2.19. The SMILES string of the molecule is Nc1ccc2c(-c3ccc(C(=O)O)cc3C(=O)O)c3ccc(=[NH2+])c(S(=O)(=O)NCCCS(=O)(=O)[O-])c-3oc2c1. The van der Waals surface area contributed by atoms with E-state index in [1.54, 1.807) is 6.07 Å². The van der Waals surface area contributed by atoms with Gasteiger partial charge in [-0.1, -0.05) is 6.07 Å². The zero-order chi connectivity index (χ0) is 28.7. The van der Waals surface area contributed by atoms with E-state index in [0.717, 1.165) is 6.07 Å². The topological polar surface area (TPSA) is 243 Å². The summed E-state index contributed by atoms with van der Waals surface area (Å²) >= 11 is 0. The van der Waals surface area contributed by atoms with E-state index in [9.17, 15) is 41.2 Å². The van der Waals surface area contributed by atoms with Crippen LogP contribution < -0.4 is 21.2 Å². The van der Waals surface area contributed by atoms with E-state index >= 15 is 0 Å². The Labute approximate surface area is 221 Å². The molecule has 0 fully saturated rings. The third kappa shape index (κ3) is 5.61. The molecule has 2 aromatic carbocycles. The van der Waals surface area contributed by atoms with Gasteiger partial charge < -0.3 is 24.9 Å². The Morgan fingerprint density at radius 3 is 2.31 bits per heavy atom. The number of nitrogens with one attached hydrogen (secondary N) is 1. The number of hydrogen-bond acceptors (Lipinski definition) is 9. The van der Waals surface area contributed by atoms with Gasteiger partial charge in [-0.05, 0) is 42.3 Å². The maximum absolute atomic E-state index is 13.3. The number of nitrogens with two attached hydrogens (primary N) is 2. The smallest absolute Gasteiger partial charge is 0.336 e. The summed E-state index contributed by atoms with van der Waals surface area (Å²) < 4.78 is 67.3. The molecule has 39 heavy (non-hydrogen) atoms. The zero-order valence-electron chi connectivity index (χ0n) is 19.9. The van der Waals surface area contributed by atoms with E-state index in [2.05, 4.69) is 4.72 Å². The molecule has 4 rings (SSSR count). The summed E-state index contributed by atoms with van der Waals surface area (Å²) in [6, 6.07) is 10.7. The fraction of sp³-hybridized carbons (Fsp3) is 0.125. The van der Waals surface area contributed by atoms with Crippen molar-refractivity contribution in [1.82, 2.24) is 4.72 Å². The summed E-state index contributed by atoms with van der Waals surface area (Å²) in [5.74, 6) is -3.82. The molecule has 2 aromatic rings. The van der Waals surface area contributed by atoms with E-state index < -0.39 is 49.3 Å². The summed E-state index contributed by atoms with van der Waals surface area (Å²) in [7, 11) is -9.01. The van der Waals surface area contributed by atoms with Crippen LogP contribution in [0.2, 0.25) is 0 Å². The molecule has 0 amide bonds. The quantitative estimate of drug-likeness (QED) is 0.0773. The Morgan fingerprint density at radius 1 is 0.974 bits per heavy atom. The minimum absolute atomic E-state index is 0.0739. The summed E-state index contributed by atoms with van der Waals surface area (Å²) in [5.41, 5.74) is 6.03. The molecule has 13 nitrogen and oxygen atoms in total. The standard InChI is InChI=1S/C24H21N3O10S2/c25-13-3-5-15-19(11-13)37-21-16(20(15)14-4-2-12(23(28)29)10-17(14)24(30)31)6-7-18(26)22(21)39(35,36)27-8-1-9-38(32,33)34/h2-7,10-11,26-27H,1,8-9,25H2,(H,28,29)(H,30,31)(H,32,33,34). The Morgan fingerprint density at radius 2 is 1.67 bits per heavy atom. The van der Waals surface area contributed by atoms with Crippen LogP contribution in [-0.4, -0.2) is 55.8 Å². The van der Waals surface area contributed by atoms with Crippen LogP contribution in [0.5, 0.6) is 0 Å². The molecular formula is C24H21N3O10S2. The van der Waals surface area contributed by atoms with Crippen LogP contribution in [0.15, 0.2) is 57.8 Å². The molecule has 1 aliphatic heterocycles. The van der Waals surface area contributed by atoms with Crippen molar-refractivity contribution in [3.63, 3.8) is 0 Å². The van der Waals surface area contributed by atoms with E-state index in [1.807, 2.05) is 0 Å². The monoisotopic (exact) mass is 575 g/mol. The number of rotatable bonds is 9. The van der Waals surface area contributed by atoms with Crippen molar-refractivity contribution < 1.29 is 51.0 Å². The summed E-state index contributed by atoms with van der Waals surface area (Å²) in [6.45, 7) is -0.396. The average molecular weight is 576 g/mol. The lowest BCUT2D eigenvalue weighted by molar-refractivity contribution is -0.176. The van der Waals surface area contributed by atoms with Gasteiger partial charge in [0, 0.05) is 46.6 Å². The van der Waals surface area contributed by atoms with Crippen LogP contribution in [0, 0.1) is 0 Å². The first-order valence-electron chi connectivity index (χ1n) is 11.1. The van der Waals surface area contributed by atoms with Crippen molar-refractivity contribution in [2.24, 2.45) is 0 Å². The second kappa shape index (κ2) is 10.1. The molecule has 0 spiro atoms. The Kier molecular flexibility index (Phi) is 7.18. The number of benzene rings is 3. The lowest BCUT2D eigenvalue weighted by atomic mass is 9.90. The fourth-order valence-corrected chi connectivity index (χ4v) is 5.96. The fourth-order valence-electron chi connectivity index (χ4n) is 4.13. The Hall–Kier alpha value is -4.31. The van der Waals surface area contributed by atoms with E-state index in [4.69, 9.17) is 15.6 Å². The molecule has 0 atom stereocenters. The number of fused-ring (bicyclic) bond motifs is 2. The first-order valence-corrected chi connectivity index (χ1v) is 14.2. The van der Waals surface area contributed by atoms with E-state index in [1.165, 1.54) is 36.4 Å². The van der Waals surface area contributed by atoms with Gasteiger partial charge >= 0.3 is 11.9 Å². The van der Waals surface area contributed by atoms with Crippen LogP contribution in [0.4, 0.5) is 5.69 Å². The maximum atomic E-state index is 13.3. The van der Waals surface area contributed by atoms with Crippen LogP contribution >= 0.6 is 0 Å². The van der Waals surface area contributed by atoms with Gasteiger partial charge in [0.1, 0.15) is 5.58 Å². The van der Waals surface area contributed by atoms with Crippen molar-refractivity contribution in [2.45, 2.75) is 11.3 Å². The largest absolute Gasteiger partial charge is 0.748 e. The van der Waals surface area contributed by atoms with Crippen molar-refractivity contribution in [2.75, 3.05) is 18.0 Å². The average Bonchev–Trinajstić information content (AvgIpc) is 2.84.